The molecule has 0 aliphatic rings. The van der Waals surface area contributed by atoms with E-state index >= 15 is 0 Å². The number of aryl methyl sites for hydroxylation is 1. The van der Waals surface area contributed by atoms with E-state index in [1.807, 2.05) is 0 Å². The van der Waals surface area contributed by atoms with Gasteiger partial charge >= 0.3 is 5.97 Å². The van der Waals surface area contributed by atoms with Crippen LogP contribution < -0.4 is 10.1 Å². The topological polar surface area (TPSA) is 121 Å². The van der Waals surface area contributed by atoms with Crippen molar-refractivity contribution in [1.82, 2.24) is 4.98 Å². The van der Waals surface area contributed by atoms with Crippen molar-refractivity contribution in [2.45, 2.75) is 6.92 Å². The molecule has 0 saturated carbocycles. The van der Waals surface area contributed by atoms with Crippen LogP contribution in [0.4, 0.5) is 11.4 Å². The lowest BCUT2D eigenvalue weighted by Crippen LogP contribution is -2.23. The van der Waals surface area contributed by atoms with Gasteiger partial charge in [0.25, 0.3) is 11.6 Å². The van der Waals surface area contributed by atoms with Crippen molar-refractivity contribution >= 4 is 69.0 Å². The van der Waals surface area contributed by atoms with Crippen LogP contribution in [0.1, 0.15) is 5.69 Å². The first-order valence-corrected chi connectivity index (χ1v) is 10.1. The number of aromatic nitrogens is 1. The number of hydrogen-bond donors (Lipinski definition) is 1. The number of pyridine rings is 1. The van der Waals surface area contributed by atoms with Gasteiger partial charge in [0, 0.05) is 22.8 Å². The monoisotopic (exact) mass is 497 g/mol. The maximum atomic E-state index is 12.0. The number of rotatable bonds is 7. The minimum Gasteiger partial charge on any atom is -0.478 e. The van der Waals surface area contributed by atoms with Gasteiger partial charge in [0.2, 0.25) is 0 Å². The average molecular weight is 499 g/mol. The van der Waals surface area contributed by atoms with Gasteiger partial charge in [-0.15, -0.1) is 0 Å². The van der Waals surface area contributed by atoms with Crippen molar-refractivity contribution in [3.05, 3.63) is 67.3 Å². The second-order valence-corrected chi connectivity index (χ2v) is 7.66. The molecule has 0 aliphatic heterocycles. The third-order valence-corrected chi connectivity index (χ3v) is 5.02. The number of nitro benzene ring substituents is 1. The van der Waals surface area contributed by atoms with Crippen molar-refractivity contribution in [2.24, 2.45) is 0 Å². The summed E-state index contributed by atoms with van der Waals surface area (Å²) in [7, 11) is 0. The molecular formula is C20H14Cl3N3O6. The summed E-state index contributed by atoms with van der Waals surface area (Å²) in [5.74, 6) is -1.39. The highest BCUT2D eigenvalue weighted by molar-refractivity contribution is 6.39. The van der Waals surface area contributed by atoms with Crippen LogP contribution in [-0.4, -0.2) is 35.0 Å². The van der Waals surface area contributed by atoms with Crippen molar-refractivity contribution < 1.29 is 24.0 Å². The zero-order chi connectivity index (χ0) is 23.4. The Bertz CT molecular complexity index is 1230. The number of anilines is 1. The normalized spacial score (nSPS) is 10.6. The molecular weight excluding hydrogens is 485 g/mol. The lowest BCUT2D eigenvalue weighted by molar-refractivity contribution is -0.384. The molecule has 32 heavy (non-hydrogen) atoms. The molecule has 0 aliphatic carbocycles. The Labute approximate surface area is 196 Å². The Morgan fingerprint density at radius 2 is 1.81 bits per heavy atom. The quantitative estimate of drug-likeness (QED) is 0.277. The zero-order valence-electron chi connectivity index (χ0n) is 16.4. The van der Waals surface area contributed by atoms with Gasteiger partial charge in [0.05, 0.1) is 15.0 Å². The summed E-state index contributed by atoms with van der Waals surface area (Å²) in [6.07, 6.45) is 0. The first-order valence-electron chi connectivity index (χ1n) is 8.93. The molecule has 0 fully saturated rings. The van der Waals surface area contributed by atoms with E-state index in [0.29, 0.717) is 21.6 Å². The van der Waals surface area contributed by atoms with Gasteiger partial charge in [0.1, 0.15) is 10.5 Å². The second kappa shape index (κ2) is 9.99. The molecule has 1 amide bonds. The molecule has 3 rings (SSSR count). The van der Waals surface area contributed by atoms with Crippen LogP contribution in [0.3, 0.4) is 0 Å². The van der Waals surface area contributed by atoms with E-state index in [9.17, 15) is 19.7 Å². The van der Waals surface area contributed by atoms with E-state index < -0.39 is 30.0 Å². The van der Waals surface area contributed by atoms with E-state index in [4.69, 9.17) is 44.3 Å². The Morgan fingerprint density at radius 3 is 2.53 bits per heavy atom. The minimum absolute atomic E-state index is 0.0744. The fourth-order valence-electron chi connectivity index (χ4n) is 2.67. The zero-order valence-corrected chi connectivity index (χ0v) is 18.6. The molecule has 0 atom stereocenters. The van der Waals surface area contributed by atoms with E-state index in [-0.39, 0.29) is 27.2 Å². The Kier molecular flexibility index (Phi) is 7.34. The Balaban J connectivity index is 1.59. The number of carbonyl (C=O) groups is 2. The summed E-state index contributed by atoms with van der Waals surface area (Å²) in [6.45, 7) is 0.608. The molecule has 0 spiro atoms. The summed E-state index contributed by atoms with van der Waals surface area (Å²) in [5, 5.41) is 14.4. The molecule has 9 nitrogen and oxygen atoms in total. The van der Waals surface area contributed by atoms with Crippen LogP contribution in [0, 0.1) is 17.0 Å². The Hall–Kier alpha value is -3.14. The summed E-state index contributed by atoms with van der Waals surface area (Å²) in [4.78, 5) is 38.6. The molecule has 1 heterocycles. The van der Waals surface area contributed by atoms with Gasteiger partial charge in [-0.2, -0.15) is 0 Å². The molecule has 0 unspecified atom stereocenters. The molecule has 3 aromatic rings. The van der Waals surface area contributed by atoms with Crippen LogP contribution in [0.5, 0.6) is 5.75 Å². The summed E-state index contributed by atoms with van der Waals surface area (Å²) in [6, 6.07) is 8.74. The minimum atomic E-state index is -0.839. The predicted octanol–water partition coefficient (Wildman–Crippen LogP) is 4.97. The van der Waals surface area contributed by atoms with E-state index in [0.717, 1.165) is 6.07 Å². The maximum Gasteiger partial charge on any atom is 0.344 e. The fourth-order valence-corrected chi connectivity index (χ4v) is 3.43. The number of halogens is 3. The highest BCUT2D eigenvalue weighted by atomic mass is 35.5. The standard InChI is InChI=1S/C20H14Cl3N3O6/c1-10-2-4-12-14(22)7-15(23)20(19(12)24-10)32-9-18(28)31-8-17(27)25-11-3-5-13(21)16(6-11)26(29)30/h2-7H,8-9H2,1H3,(H,25,27). The lowest BCUT2D eigenvalue weighted by Gasteiger charge is -2.12. The van der Waals surface area contributed by atoms with Gasteiger partial charge in [-0.1, -0.05) is 34.8 Å². The number of nitro groups is 1. The first kappa shape index (κ1) is 23.5. The third kappa shape index (κ3) is 5.56. The number of fused-ring (bicyclic) bond motifs is 1. The van der Waals surface area contributed by atoms with Gasteiger partial charge in [-0.25, -0.2) is 9.78 Å². The predicted molar refractivity (Wildman–Crippen MR) is 120 cm³/mol. The molecule has 0 radical (unpaired) electrons. The highest BCUT2D eigenvalue weighted by Gasteiger charge is 2.17. The summed E-state index contributed by atoms with van der Waals surface area (Å²) in [5.41, 5.74) is 0.838. The SMILES string of the molecule is Cc1ccc2c(Cl)cc(Cl)c(OCC(=O)OCC(=O)Nc3ccc(Cl)c([N+](=O)[O-])c3)c2n1. The highest BCUT2D eigenvalue weighted by Crippen LogP contribution is 2.37. The molecule has 0 saturated heterocycles. The molecule has 1 N–H and O–H groups in total. The summed E-state index contributed by atoms with van der Waals surface area (Å²) >= 11 is 18.1. The molecule has 166 valence electrons. The first-order chi connectivity index (χ1) is 15.2. The van der Waals surface area contributed by atoms with Gasteiger partial charge in [0.15, 0.2) is 19.0 Å². The van der Waals surface area contributed by atoms with Crippen LogP contribution in [-0.2, 0) is 14.3 Å². The number of carbonyl (C=O) groups excluding carboxylic acids is 2. The van der Waals surface area contributed by atoms with Crippen LogP contribution in [0.2, 0.25) is 15.1 Å². The van der Waals surface area contributed by atoms with E-state index in [1.54, 1.807) is 19.1 Å². The number of ether oxygens (including phenoxy) is 2. The van der Waals surface area contributed by atoms with Crippen molar-refractivity contribution in [3.8, 4) is 5.75 Å². The van der Waals surface area contributed by atoms with Crippen molar-refractivity contribution in [3.63, 3.8) is 0 Å². The lowest BCUT2D eigenvalue weighted by atomic mass is 10.2. The van der Waals surface area contributed by atoms with Crippen LogP contribution >= 0.6 is 34.8 Å². The van der Waals surface area contributed by atoms with Crippen LogP contribution in [0.25, 0.3) is 10.9 Å². The molecule has 0 bridgehead atoms. The smallest absolute Gasteiger partial charge is 0.344 e. The van der Waals surface area contributed by atoms with Gasteiger partial charge in [-0.3, -0.25) is 14.9 Å². The fraction of sp³-hybridized carbons (Fsp3) is 0.150. The molecule has 12 heteroatoms. The summed E-state index contributed by atoms with van der Waals surface area (Å²) < 4.78 is 10.4. The number of benzene rings is 2. The second-order valence-electron chi connectivity index (χ2n) is 6.44. The van der Waals surface area contributed by atoms with E-state index in [2.05, 4.69) is 10.3 Å². The van der Waals surface area contributed by atoms with Gasteiger partial charge in [-0.05, 0) is 37.3 Å². The van der Waals surface area contributed by atoms with Crippen LogP contribution in [0.15, 0.2) is 36.4 Å². The van der Waals surface area contributed by atoms with Crippen molar-refractivity contribution in [2.75, 3.05) is 18.5 Å². The molecule has 1 aromatic heterocycles. The average Bonchev–Trinajstić information content (AvgIpc) is 2.73. The molecule has 2 aromatic carbocycles. The largest absolute Gasteiger partial charge is 0.478 e. The number of esters is 1. The number of nitrogens with zero attached hydrogens (tertiary/aromatic N) is 2. The Morgan fingerprint density at radius 1 is 1.06 bits per heavy atom. The van der Waals surface area contributed by atoms with Crippen molar-refractivity contribution in [1.29, 1.82) is 0 Å². The third-order valence-electron chi connectivity index (χ3n) is 4.10. The maximum absolute atomic E-state index is 12.0. The number of hydrogen-bond acceptors (Lipinski definition) is 7. The van der Waals surface area contributed by atoms with Gasteiger partial charge < -0.3 is 14.8 Å². The number of amides is 1. The van der Waals surface area contributed by atoms with E-state index in [1.165, 1.54) is 18.2 Å². The number of nitrogens with one attached hydrogen (secondary N) is 1.